The predicted molar refractivity (Wildman–Crippen MR) is 91.8 cm³/mol. The van der Waals surface area contributed by atoms with E-state index >= 15 is 0 Å². The number of rotatable bonds is 4. The highest BCUT2D eigenvalue weighted by Gasteiger charge is 2.44. The van der Waals surface area contributed by atoms with E-state index in [2.05, 4.69) is 5.32 Å². The minimum Gasteiger partial charge on any atom is -0.494 e. The molecular formula is C19H18F2N2O3. The van der Waals surface area contributed by atoms with E-state index in [1.807, 2.05) is 0 Å². The second-order valence-electron chi connectivity index (χ2n) is 6.17. The third-order valence-corrected chi connectivity index (χ3v) is 4.53. The molecule has 2 aromatic rings. The van der Waals surface area contributed by atoms with Crippen LogP contribution in [0.15, 0.2) is 42.5 Å². The fraction of sp³-hybridized carbons (Fsp3) is 0.263. The van der Waals surface area contributed by atoms with Gasteiger partial charge < -0.3 is 15.0 Å². The normalized spacial score (nSPS) is 19.5. The van der Waals surface area contributed by atoms with Gasteiger partial charge >= 0.3 is 0 Å². The summed E-state index contributed by atoms with van der Waals surface area (Å²) in [5, 5.41) is 2.48. The Hall–Kier alpha value is -2.96. The smallest absolute Gasteiger partial charge is 0.237 e. The number of nitrogens with one attached hydrogen (secondary N) is 1. The Kier molecular flexibility index (Phi) is 4.88. The molecule has 3 rings (SSSR count). The van der Waals surface area contributed by atoms with Gasteiger partial charge in [-0.3, -0.25) is 9.59 Å². The van der Waals surface area contributed by atoms with Crippen molar-refractivity contribution in [3.05, 3.63) is 59.7 Å². The molecule has 26 heavy (non-hydrogen) atoms. The molecule has 2 amide bonds. The van der Waals surface area contributed by atoms with Crippen molar-refractivity contribution in [3.8, 4) is 5.75 Å². The molecule has 1 fully saturated rings. The van der Waals surface area contributed by atoms with Gasteiger partial charge in [0, 0.05) is 19.5 Å². The highest BCUT2D eigenvalue weighted by atomic mass is 19.1. The number of ether oxygens (including phenoxy) is 1. The molecule has 1 N–H and O–H groups in total. The number of likely N-dealkylation sites (N-methyl/N-ethyl adjacent to an activating group) is 1. The lowest BCUT2D eigenvalue weighted by Gasteiger charge is -2.18. The van der Waals surface area contributed by atoms with Crippen molar-refractivity contribution >= 4 is 17.5 Å². The molecule has 2 atom stereocenters. The van der Waals surface area contributed by atoms with Gasteiger partial charge in [-0.05, 0) is 29.8 Å². The predicted octanol–water partition coefficient (Wildman–Crippen LogP) is 2.78. The van der Waals surface area contributed by atoms with Crippen LogP contribution < -0.4 is 10.1 Å². The Labute approximate surface area is 149 Å². The fourth-order valence-electron chi connectivity index (χ4n) is 3.17. The Morgan fingerprint density at radius 3 is 2.62 bits per heavy atom. The number of carbonyl (C=O) groups excluding carboxylic acids is 2. The lowest BCUT2D eigenvalue weighted by atomic mass is 9.87. The van der Waals surface area contributed by atoms with Crippen LogP contribution in [0.2, 0.25) is 0 Å². The Balaban J connectivity index is 1.91. The highest BCUT2D eigenvalue weighted by Crippen LogP contribution is 2.36. The molecule has 0 radical (unpaired) electrons. The maximum absolute atomic E-state index is 13.8. The van der Waals surface area contributed by atoms with Gasteiger partial charge in [0.15, 0.2) is 11.6 Å². The number of benzene rings is 2. The number of carbonyl (C=O) groups is 2. The SMILES string of the molecule is COc1cc([C@H]2CN(C)C(=O)[C@@H]2C(=O)Nc2ccccc2F)ccc1F. The largest absolute Gasteiger partial charge is 0.494 e. The van der Waals surface area contributed by atoms with Gasteiger partial charge in [-0.15, -0.1) is 0 Å². The highest BCUT2D eigenvalue weighted by molar-refractivity contribution is 6.08. The van der Waals surface area contributed by atoms with Crippen LogP contribution in [-0.4, -0.2) is 37.4 Å². The number of methoxy groups -OCH3 is 1. The van der Waals surface area contributed by atoms with Crippen molar-refractivity contribution in [1.82, 2.24) is 4.90 Å². The number of likely N-dealkylation sites (tertiary alicyclic amines) is 1. The van der Waals surface area contributed by atoms with Gasteiger partial charge in [-0.1, -0.05) is 18.2 Å². The van der Waals surface area contributed by atoms with Gasteiger partial charge in [-0.25, -0.2) is 8.78 Å². The maximum atomic E-state index is 13.8. The van der Waals surface area contributed by atoms with Gasteiger partial charge in [0.2, 0.25) is 11.8 Å². The summed E-state index contributed by atoms with van der Waals surface area (Å²) < 4.78 is 32.5. The number of hydrogen-bond donors (Lipinski definition) is 1. The summed E-state index contributed by atoms with van der Waals surface area (Å²) in [5.74, 6) is -3.56. The molecule has 1 saturated heterocycles. The van der Waals surface area contributed by atoms with Crippen molar-refractivity contribution in [3.63, 3.8) is 0 Å². The second-order valence-corrected chi connectivity index (χ2v) is 6.17. The zero-order chi connectivity index (χ0) is 18.8. The van der Waals surface area contributed by atoms with Crippen LogP contribution in [-0.2, 0) is 9.59 Å². The monoisotopic (exact) mass is 360 g/mol. The molecule has 5 nitrogen and oxygen atoms in total. The van der Waals surface area contributed by atoms with Gasteiger partial charge in [0.05, 0.1) is 12.8 Å². The summed E-state index contributed by atoms with van der Waals surface area (Å²) in [6.45, 7) is 0.295. The van der Waals surface area contributed by atoms with Gasteiger partial charge in [0.1, 0.15) is 11.7 Å². The van der Waals surface area contributed by atoms with E-state index in [9.17, 15) is 18.4 Å². The van der Waals surface area contributed by atoms with Crippen molar-refractivity contribution in [2.75, 3.05) is 26.0 Å². The lowest BCUT2D eigenvalue weighted by molar-refractivity contribution is -0.135. The second kappa shape index (κ2) is 7.11. The first-order valence-electron chi connectivity index (χ1n) is 8.06. The number of halogens is 2. The molecule has 7 heteroatoms. The standard InChI is InChI=1S/C19H18F2N2O3/c1-23-10-12(11-7-8-14(21)16(9-11)26-2)17(19(23)25)18(24)22-15-6-4-3-5-13(15)20/h3-9,12,17H,10H2,1-2H3,(H,22,24)/t12-,17+/m1/s1. The summed E-state index contributed by atoms with van der Waals surface area (Å²) in [5.41, 5.74) is 0.616. The quantitative estimate of drug-likeness (QED) is 0.853. The minimum absolute atomic E-state index is 0.00953. The minimum atomic E-state index is -1.03. The summed E-state index contributed by atoms with van der Waals surface area (Å²) >= 11 is 0. The van der Waals surface area contributed by atoms with Crippen LogP contribution in [0, 0.1) is 17.6 Å². The molecule has 1 aliphatic heterocycles. The van der Waals surface area contributed by atoms with E-state index < -0.39 is 29.4 Å². The summed E-state index contributed by atoms with van der Waals surface area (Å²) in [7, 11) is 2.93. The van der Waals surface area contributed by atoms with Crippen LogP contribution in [0.4, 0.5) is 14.5 Å². The zero-order valence-corrected chi connectivity index (χ0v) is 14.3. The summed E-state index contributed by atoms with van der Waals surface area (Å²) in [6.07, 6.45) is 0. The molecule has 1 aliphatic rings. The zero-order valence-electron chi connectivity index (χ0n) is 14.3. The number of hydrogen-bond acceptors (Lipinski definition) is 3. The van der Waals surface area contributed by atoms with E-state index in [4.69, 9.17) is 4.74 Å². The number of anilines is 1. The van der Waals surface area contributed by atoms with E-state index in [0.29, 0.717) is 12.1 Å². The van der Waals surface area contributed by atoms with E-state index in [1.165, 1.54) is 48.4 Å². The van der Waals surface area contributed by atoms with Crippen molar-refractivity contribution in [2.45, 2.75) is 5.92 Å². The molecule has 0 aliphatic carbocycles. The van der Waals surface area contributed by atoms with Gasteiger partial charge in [-0.2, -0.15) is 0 Å². The van der Waals surface area contributed by atoms with Crippen LogP contribution in [0.1, 0.15) is 11.5 Å². The van der Waals surface area contributed by atoms with Crippen LogP contribution in [0.3, 0.4) is 0 Å². The van der Waals surface area contributed by atoms with E-state index in [1.54, 1.807) is 13.1 Å². The number of nitrogens with zero attached hydrogens (tertiary/aromatic N) is 1. The molecular weight excluding hydrogens is 342 g/mol. The average Bonchev–Trinajstić information content (AvgIpc) is 2.92. The number of amides is 2. The van der Waals surface area contributed by atoms with E-state index in [0.717, 1.165) is 0 Å². The Morgan fingerprint density at radius 2 is 1.92 bits per heavy atom. The Morgan fingerprint density at radius 1 is 1.19 bits per heavy atom. The molecule has 0 aromatic heterocycles. The van der Waals surface area contributed by atoms with Gasteiger partial charge in [0.25, 0.3) is 0 Å². The summed E-state index contributed by atoms with van der Waals surface area (Å²) in [4.78, 5) is 26.6. The lowest BCUT2D eigenvalue weighted by Crippen LogP contribution is -2.33. The topological polar surface area (TPSA) is 58.6 Å². The molecule has 136 valence electrons. The van der Waals surface area contributed by atoms with Crippen molar-refractivity contribution in [1.29, 1.82) is 0 Å². The molecule has 0 unspecified atom stereocenters. The molecule has 0 bridgehead atoms. The fourth-order valence-corrected chi connectivity index (χ4v) is 3.17. The Bertz CT molecular complexity index is 856. The molecule has 2 aromatic carbocycles. The molecule has 1 heterocycles. The first-order valence-corrected chi connectivity index (χ1v) is 8.06. The third kappa shape index (κ3) is 3.24. The maximum Gasteiger partial charge on any atom is 0.237 e. The van der Waals surface area contributed by atoms with Crippen LogP contribution in [0.25, 0.3) is 0 Å². The molecule has 0 saturated carbocycles. The van der Waals surface area contributed by atoms with Crippen molar-refractivity contribution in [2.24, 2.45) is 5.92 Å². The van der Waals surface area contributed by atoms with Crippen molar-refractivity contribution < 1.29 is 23.1 Å². The third-order valence-electron chi connectivity index (χ3n) is 4.53. The summed E-state index contributed by atoms with van der Waals surface area (Å²) in [6, 6.07) is 9.99. The van der Waals surface area contributed by atoms with E-state index in [-0.39, 0.29) is 17.3 Å². The van der Waals surface area contributed by atoms with Crippen LogP contribution >= 0.6 is 0 Å². The first-order chi connectivity index (χ1) is 12.4. The average molecular weight is 360 g/mol. The molecule has 0 spiro atoms. The number of para-hydroxylation sites is 1. The van der Waals surface area contributed by atoms with Crippen LogP contribution in [0.5, 0.6) is 5.75 Å². The first kappa shape index (κ1) is 17.8.